The van der Waals surface area contributed by atoms with Crippen molar-refractivity contribution in [2.75, 3.05) is 5.32 Å². The second-order valence-corrected chi connectivity index (χ2v) is 11.4. The molecule has 0 saturated carbocycles. The van der Waals surface area contributed by atoms with Gasteiger partial charge >= 0.3 is 0 Å². The average Bonchev–Trinajstić information content (AvgIpc) is 3.58. The minimum atomic E-state index is 0.927. The van der Waals surface area contributed by atoms with Crippen molar-refractivity contribution in [1.29, 1.82) is 0 Å². The third-order valence-corrected chi connectivity index (χ3v) is 9.14. The molecule has 0 spiro atoms. The fourth-order valence-corrected chi connectivity index (χ4v) is 6.98. The van der Waals surface area contributed by atoms with Gasteiger partial charge in [0.2, 0.25) is 0 Å². The Labute approximate surface area is 242 Å². The van der Waals surface area contributed by atoms with Crippen LogP contribution in [0.25, 0.3) is 44.5 Å². The van der Waals surface area contributed by atoms with Gasteiger partial charge in [0.05, 0.1) is 5.69 Å². The number of aryl methyl sites for hydroxylation is 1. The van der Waals surface area contributed by atoms with Crippen molar-refractivity contribution in [3.05, 3.63) is 155 Å². The van der Waals surface area contributed by atoms with Crippen LogP contribution in [-0.2, 0) is 12.8 Å². The van der Waals surface area contributed by atoms with E-state index in [1.165, 1.54) is 89.3 Å². The van der Waals surface area contributed by atoms with E-state index in [2.05, 4.69) is 140 Å². The Morgan fingerprint density at radius 2 is 0.976 bits per heavy atom. The van der Waals surface area contributed by atoms with E-state index in [0.717, 1.165) is 12.8 Å². The van der Waals surface area contributed by atoms with Crippen LogP contribution in [0.1, 0.15) is 33.4 Å². The molecule has 0 atom stereocenters. The van der Waals surface area contributed by atoms with Crippen LogP contribution < -0.4 is 5.32 Å². The largest absolute Gasteiger partial charge is 0.354 e. The van der Waals surface area contributed by atoms with Crippen molar-refractivity contribution in [2.24, 2.45) is 0 Å². The molecule has 8 rings (SSSR count). The van der Waals surface area contributed by atoms with Gasteiger partial charge < -0.3 is 5.32 Å². The van der Waals surface area contributed by atoms with E-state index in [9.17, 15) is 0 Å². The van der Waals surface area contributed by atoms with Crippen LogP contribution in [0.5, 0.6) is 0 Å². The van der Waals surface area contributed by atoms with E-state index in [-0.39, 0.29) is 0 Å². The molecule has 1 nitrogen and oxygen atoms in total. The van der Waals surface area contributed by atoms with Crippen molar-refractivity contribution in [3.8, 4) is 44.5 Å². The average molecular weight is 526 g/mol. The number of rotatable bonds is 4. The Kier molecular flexibility index (Phi) is 5.47. The van der Waals surface area contributed by atoms with Crippen LogP contribution in [0.2, 0.25) is 0 Å². The van der Waals surface area contributed by atoms with E-state index < -0.39 is 0 Å². The monoisotopic (exact) mass is 525 g/mol. The first-order valence-corrected chi connectivity index (χ1v) is 14.5. The third kappa shape index (κ3) is 3.77. The van der Waals surface area contributed by atoms with Gasteiger partial charge in [0.25, 0.3) is 0 Å². The molecular formula is C40H31N. The first kappa shape index (κ1) is 24.0. The number of anilines is 2. The van der Waals surface area contributed by atoms with Gasteiger partial charge in [-0.3, -0.25) is 0 Å². The molecule has 0 radical (unpaired) electrons. The molecule has 0 bridgehead atoms. The summed E-state index contributed by atoms with van der Waals surface area (Å²) in [6, 6.07) is 44.4. The molecule has 2 aliphatic rings. The van der Waals surface area contributed by atoms with E-state index in [1.54, 1.807) is 0 Å². The maximum atomic E-state index is 4.16. The molecule has 1 N–H and O–H groups in total. The summed E-state index contributed by atoms with van der Waals surface area (Å²) >= 11 is 0. The highest BCUT2D eigenvalue weighted by atomic mass is 14.9. The lowest BCUT2D eigenvalue weighted by Gasteiger charge is -2.24. The number of nitrogens with one attached hydrogen (secondary N) is 1. The minimum Gasteiger partial charge on any atom is -0.354 e. The number of hydrogen-bond acceptors (Lipinski definition) is 1. The summed E-state index contributed by atoms with van der Waals surface area (Å²) in [5.41, 5.74) is 21.2. The summed E-state index contributed by atoms with van der Waals surface area (Å²) in [5.74, 6) is 0. The molecule has 0 amide bonds. The van der Waals surface area contributed by atoms with Gasteiger partial charge in [-0.05, 0) is 92.2 Å². The smallest absolute Gasteiger partial charge is 0.0512 e. The van der Waals surface area contributed by atoms with Gasteiger partial charge in [0, 0.05) is 24.1 Å². The zero-order valence-electron chi connectivity index (χ0n) is 23.5. The Hall–Kier alpha value is -4.88. The molecular weight excluding hydrogens is 494 g/mol. The minimum absolute atomic E-state index is 0.927. The van der Waals surface area contributed by atoms with Crippen molar-refractivity contribution in [1.82, 2.24) is 0 Å². The standard InChI is InChI=1S/C40H31N/c1-25-21-34-31-19-11-9-17-29(31)22-36(34)39(26(25)2)41-40-37-23-30-18-10-12-20-32(30)35(37)24-33(27-13-5-3-6-14-27)38(40)28-15-7-4-8-16-28/h3-21,24,41H,22-23H2,1-2H3. The topological polar surface area (TPSA) is 12.0 Å². The summed E-state index contributed by atoms with van der Waals surface area (Å²) < 4.78 is 0. The molecule has 41 heavy (non-hydrogen) atoms. The molecule has 2 aliphatic carbocycles. The summed E-state index contributed by atoms with van der Waals surface area (Å²) in [6.07, 6.45) is 1.88. The van der Waals surface area contributed by atoms with Gasteiger partial charge in [-0.15, -0.1) is 0 Å². The third-order valence-electron chi connectivity index (χ3n) is 9.14. The zero-order chi connectivity index (χ0) is 27.5. The molecule has 0 aliphatic heterocycles. The number of hydrogen-bond donors (Lipinski definition) is 1. The quantitative estimate of drug-likeness (QED) is 0.241. The molecule has 6 aromatic carbocycles. The molecule has 1 heteroatoms. The SMILES string of the molecule is Cc1cc2c(c(Nc3c4c(cc(-c5ccccc5)c3-c3ccccc3)-c3ccccc3C4)c1C)Cc1ccccc1-2. The lowest BCUT2D eigenvalue weighted by atomic mass is 9.87. The molecule has 196 valence electrons. The second kappa shape index (κ2) is 9.35. The Morgan fingerprint density at radius 1 is 0.463 bits per heavy atom. The van der Waals surface area contributed by atoms with Crippen LogP contribution >= 0.6 is 0 Å². The first-order chi connectivity index (χ1) is 20.2. The Bertz CT molecular complexity index is 1970. The normalized spacial score (nSPS) is 12.4. The van der Waals surface area contributed by atoms with Gasteiger partial charge in [-0.2, -0.15) is 0 Å². The van der Waals surface area contributed by atoms with Crippen LogP contribution in [0, 0.1) is 13.8 Å². The summed E-state index contributed by atoms with van der Waals surface area (Å²) in [6.45, 7) is 4.53. The van der Waals surface area contributed by atoms with Gasteiger partial charge in [-0.25, -0.2) is 0 Å². The maximum Gasteiger partial charge on any atom is 0.0512 e. The Morgan fingerprint density at radius 3 is 1.61 bits per heavy atom. The fourth-order valence-electron chi connectivity index (χ4n) is 6.98. The van der Waals surface area contributed by atoms with Crippen LogP contribution in [-0.4, -0.2) is 0 Å². The van der Waals surface area contributed by atoms with Gasteiger partial charge in [0.15, 0.2) is 0 Å². The molecule has 0 fully saturated rings. The van der Waals surface area contributed by atoms with E-state index in [4.69, 9.17) is 0 Å². The number of fused-ring (bicyclic) bond motifs is 6. The summed E-state index contributed by atoms with van der Waals surface area (Å²) in [4.78, 5) is 0. The lowest BCUT2D eigenvalue weighted by molar-refractivity contribution is 1.21. The predicted molar refractivity (Wildman–Crippen MR) is 173 cm³/mol. The number of benzene rings is 6. The summed E-state index contributed by atoms with van der Waals surface area (Å²) in [7, 11) is 0. The highest BCUT2D eigenvalue weighted by Crippen LogP contribution is 2.51. The summed E-state index contributed by atoms with van der Waals surface area (Å²) in [5, 5.41) is 4.16. The second-order valence-electron chi connectivity index (χ2n) is 11.4. The van der Waals surface area contributed by atoms with Crippen LogP contribution in [0.15, 0.2) is 121 Å². The molecule has 0 heterocycles. The molecule has 0 saturated heterocycles. The fraction of sp³-hybridized carbons (Fsp3) is 0.100. The van der Waals surface area contributed by atoms with Crippen molar-refractivity contribution >= 4 is 11.4 Å². The van der Waals surface area contributed by atoms with Crippen molar-refractivity contribution in [3.63, 3.8) is 0 Å². The maximum absolute atomic E-state index is 4.16. The van der Waals surface area contributed by atoms with Crippen molar-refractivity contribution in [2.45, 2.75) is 26.7 Å². The molecule has 6 aromatic rings. The lowest BCUT2D eigenvalue weighted by Crippen LogP contribution is -2.05. The van der Waals surface area contributed by atoms with Gasteiger partial charge in [0.1, 0.15) is 0 Å². The van der Waals surface area contributed by atoms with E-state index in [1.807, 2.05) is 0 Å². The van der Waals surface area contributed by atoms with Crippen molar-refractivity contribution < 1.29 is 0 Å². The van der Waals surface area contributed by atoms with Crippen LogP contribution in [0.4, 0.5) is 11.4 Å². The molecule has 0 aromatic heterocycles. The van der Waals surface area contributed by atoms with Crippen LogP contribution in [0.3, 0.4) is 0 Å². The van der Waals surface area contributed by atoms with E-state index >= 15 is 0 Å². The van der Waals surface area contributed by atoms with Gasteiger partial charge in [-0.1, -0.05) is 115 Å². The predicted octanol–water partition coefficient (Wildman–Crippen LogP) is 10.5. The first-order valence-electron chi connectivity index (χ1n) is 14.5. The highest BCUT2D eigenvalue weighted by molar-refractivity contribution is 6.02. The van der Waals surface area contributed by atoms with E-state index in [0.29, 0.717) is 0 Å². The highest BCUT2D eigenvalue weighted by Gasteiger charge is 2.29. The Balaban J connectivity index is 1.43. The molecule has 0 unspecified atom stereocenters. The zero-order valence-corrected chi connectivity index (χ0v) is 23.5.